The topological polar surface area (TPSA) is 54.4 Å². The quantitative estimate of drug-likeness (QED) is 0.565. The predicted molar refractivity (Wildman–Crippen MR) is 56.6 cm³/mol. The van der Waals surface area contributed by atoms with Gasteiger partial charge in [0.2, 0.25) is 0 Å². The predicted octanol–water partition coefficient (Wildman–Crippen LogP) is 2.03. The molecule has 15 heavy (non-hydrogen) atoms. The number of nitrogens with zero attached hydrogens (tertiary/aromatic N) is 1. The summed E-state index contributed by atoms with van der Waals surface area (Å²) in [5, 5.41) is 9.45. The Kier molecular flexibility index (Phi) is 3.19. The Morgan fingerprint density at radius 1 is 1.53 bits per heavy atom. The zero-order valence-electron chi connectivity index (χ0n) is 9.69. The summed E-state index contributed by atoms with van der Waals surface area (Å²) in [6.07, 6.45) is 2.12. The van der Waals surface area contributed by atoms with Gasteiger partial charge in [-0.25, -0.2) is 4.48 Å². The Labute approximate surface area is 90.5 Å². The van der Waals surface area contributed by atoms with Crippen LogP contribution in [-0.2, 0) is 4.79 Å². The summed E-state index contributed by atoms with van der Waals surface area (Å²) < 4.78 is 0.0335. The third-order valence-corrected chi connectivity index (χ3v) is 3.58. The maximum absolute atomic E-state index is 11.5. The van der Waals surface area contributed by atoms with Crippen LogP contribution < -0.4 is 0 Å². The molecule has 4 heteroatoms. The molecule has 1 fully saturated rings. The van der Waals surface area contributed by atoms with Gasteiger partial charge in [-0.2, -0.15) is 4.79 Å². The van der Waals surface area contributed by atoms with E-state index in [0.717, 1.165) is 19.1 Å². The molecule has 1 saturated heterocycles. The fourth-order valence-electron chi connectivity index (χ4n) is 2.81. The number of amides is 1. The Morgan fingerprint density at radius 2 is 2.13 bits per heavy atom. The number of likely N-dealkylation sites (tertiary alicyclic amines) is 1. The monoisotopic (exact) mass is 214 g/mol. The highest BCUT2D eigenvalue weighted by Crippen LogP contribution is 2.37. The Bertz CT molecular complexity index is 269. The smallest absolute Gasteiger partial charge is 0.435 e. The molecule has 0 aliphatic carbocycles. The van der Waals surface area contributed by atoms with E-state index in [1.165, 1.54) is 0 Å². The second kappa shape index (κ2) is 3.93. The van der Waals surface area contributed by atoms with E-state index in [0.29, 0.717) is 13.0 Å². The van der Waals surface area contributed by atoms with E-state index in [1.54, 1.807) is 0 Å². The number of carboxylic acid groups (broad SMARTS) is 1. The molecule has 1 aliphatic heterocycles. The lowest BCUT2D eigenvalue weighted by Gasteiger charge is -2.44. The first kappa shape index (κ1) is 12.2. The molecule has 0 aromatic heterocycles. The molecule has 1 N–H and O–H groups in total. The molecule has 0 saturated carbocycles. The maximum Gasteiger partial charge on any atom is 0.514 e. The lowest BCUT2D eigenvalue weighted by Crippen LogP contribution is -2.65. The number of hydrogen-bond donors (Lipinski definition) is 1. The maximum atomic E-state index is 11.5. The van der Waals surface area contributed by atoms with Gasteiger partial charge in [-0.3, -0.25) is 0 Å². The molecule has 4 nitrogen and oxygen atoms in total. The summed E-state index contributed by atoms with van der Waals surface area (Å²) in [6.45, 7) is 6.44. The van der Waals surface area contributed by atoms with Gasteiger partial charge in [0.15, 0.2) is 0 Å². The summed E-state index contributed by atoms with van der Waals surface area (Å²) in [5.41, 5.74) is -0.351. The van der Waals surface area contributed by atoms with Crippen molar-refractivity contribution in [2.24, 2.45) is 0 Å². The van der Waals surface area contributed by atoms with Crippen LogP contribution in [0.4, 0.5) is 4.79 Å². The van der Waals surface area contributed by atoms with Gasteiger partial charge in [-0.1, -0.05) is 0 Å². The van der Waals surface area contributed by atoms with Gasteiger partial charge >= 0.3 is 6.09 Å². The zero-order valence-corrected chi connectivity index (χ0v) is 9.69. The molecule has 1 rings (SSSR count). The van der Waals surface area contributed by atoms with E-state index in [1.807, 2.05) is 20.8 Å². The van der Waals surface area contributed by atoms with Crippen LogP contribution in [0.15, 0.2) is 0 Å². The Balaban J connectivity index is 3.09. The lowest BCUT2D eigenvalue weighted by molar-refractivity contribution is -0.913. The first-order chi connectivity index (χ1) is 6.86. The number of aldehydes is 1. The molecule has 0 aromatic rings. The summed E-state index contributed by atoms with van der Waals surface area (Å²) in [5.74, 6) is 0. The number of rotatable bonds is 2. The van der Waals surface area contributed by atoms with E-state index in [4.69, 9.17) is 0 Å². The first-order valence-electron chi connectivity index (χ1n) is 5.41. The largest absolute Gasteiger partial charge is 0.514 e. The minimum atomic E-state index is -0.799. The van der Waals surface area contributed by atoms with E-state index in [-0.39, 0.29) is 16.1 Å². The average molecular weight is 214 g/mol. The van der Waals surface area contributed by atoms with Crippen LogP contribution in [-0.4, -0.2) is 40.1 Å². The fraction of sp³-hybridized carbons (Fsp3) is 0.818. The van der Waals surface area contributed by atoms with Crippen molar-refractivity contribution in [2.45, 2.75) is 51.6 Å². The third kappa shape index (κ3) is 1.78. The summed E-state index contributed by atoms with van der Waals surface area (Å²) >= 11 is 0. The molecular formula is C11H20NO3+. The van der Waals surface area contributed by atoms with Gasteiger partial charge in [-0.05, 0) is 20.8 Å². The molecule has 86 valence electrons. The van der Waals surface area contributed by atoms with Gasteiger partial charge in [0.05, 0.1) is 13.0 Å². The highest BCUT2D eigenvalue weighted by molar-refractivity contribution is 5.59. The van der Waals surface area contributed by atoms with Crippen LogP contribution in [0.5, 0.6) is 0 Å². The standard InChI is InChI=1S/C11H19NO3/c1-11(2,3)12(10(14)15)7-4-5-9(12)6-8-13/h8-9H,4-7H2,1-3H3/p+1. The number of quaternary nitrogens is 1. The fourth-order valence-corrected chi connectivity index (χ4v) is 2.81. The normalized spacial score (nSPS) is 31.5. The van der Waals surface area contributed by atoms with Crippen LogP contribution in [0.3, 0.4) is 0 Å². The second-order valence-corrected chi connectivity index (χ2v) is 5.24. The Hall–Kier alpha value is -0.900. The molecular weight excluding hydrogens is 194 g/mol. The van der Waals surface area contributed by atoms with Crippen LogP contribution in [0.2, 0.25) is 0 Å². The van der Waals surface area contributed by atoms with Gasteiger partial charge in [-0.15, -0.1) is 0 Å². The zero-order chi connectivity index (χ0) is 11.7. The van der Waals surface area contributed by atoms with Crippen molar-refractivity contribution < 1.29 is 19.2 Å². The highest BCUT2D eigenvalue weighted by Gasteiger charge is 2.55. The molecule has 2 atom stereocenters. The molecule has 1 amide bonds. The van der Waals surface area contributed by atoms with Gasteiger partial charge in [0.1, 0.15) is 17.9 Å². The van der Waals surface area contributed by atoms with Crippen LogP contribution in [0, 0.1) is 0 Å². The average Bonchev–Trinajstić information content (AvgIpc) is 2.48. The molecule has 0 radical (unpaired) electrons. The van der Waals surface area contributed by atoms with Gasteiger partial charge in [0.25, 0.3) is 0 Å². The van der Waals surface area contributed by atoms with Crippen molar-refractivity contribution in [3.63, 3.8) is 0 Å². The lowest BCUT2D eigenvalue weighted by atomic mass is 9.98. The van der Waals surface area contributed by atoms with Crippen LogP contribution in [0.1, 0.15) is 40.0 Å². The summed E-state index contributed by atoms with van der Waals surface area (Å²) in [6, 6.07) is -0.0556. The van der Waals surface area contributed by atoms with Crippen molar-refractivity contribution in [1.29, 1.82) is 0 Å². The van der Waals surface area contributed by atoms with E-state index in [9.17, 15) is 14.7 Å². The highest BCUT2D eigenvalue weighted by atomic mass is 16.4. The Morgan fingerprint density at radius 3 is 2.53 bits per heavy atom. The van der Waals surface area contributed by atoms with Crippen molar-refractivity contribution >= 4 is 12.4 Å². The molecule has 2 unspecified atom stereocenters. The molecule has 1 heterocycles. The van der Waals surface area contributed by atoms with Crippen molar-refractivity contribution in [3.8, 4) is 0 Å². The SMILES string of the molecule is CC(C)(C)[N+]1(C(=O)O)CCCC1CC=O. The third-order valence-electron chi connectivity index (χ3n) is 3.58. The minimum Gasteiger partial charge on any atom is -0.435 e. The van der Waals surface area contributed by atoms with Crippen LogP contribution in [0.25, 0.3) is 0 Å². The molecule has 0 aromatic carbocycles. The first-order valence-corrected chi connectivity index (χ1v) is 5.41. The van der Waals surface area contributed by atoms with E-state index >= 15 is 0 Å². The number of hydrogen-bond acceptors (Lipinski definition) is 2. The number of carbonyl (C=O) groups is 2. The summed E-state index contributed by atoms with van der Waals surface area (Å²) in [7, 11) is 0. The molecule has 0 spiro atoms. The van der Waals surface area contributed by atoms with E-state index < -0.39 is 6.09 Å². The number of carbonyl (C=O) groups excluding carboxylic acids is 1. The van der Waals surface area contributed by atoms with Crippen molar-refractivity contribution in [1.82, 2.24) is 0 Å². The molecule has 0 bridgehead atoms. The van der Waals surface area contributed by atoms with E-state index in [2.05, 4.69) is 0 Å². The van der Waals surface area contributed by atoms with Crippen molar-refractivity contribution in [2.75, 3.05) is 6.54 Å². The molecule has 1 aliphatic rings. The van der Waals surface area contributed by atoms with Crippen LogP contribution >= 0.6 is 0 Å². The van der Waals surface area contributed by atoms with Crippen molar-refractivity contribution in [3.05, 3.63) is 0 Å². The van der Waals surface area contributed by atoms with Gasteiger partial charge < -0.3 is 9.90 Å². The second-order valence-electron chi connectivity index (χ2n) is 5.24. The summed E-state index contributed by atoms with van der Waals surface area (Å²) in [4.78, 5) is 22.1. The minimum absolute atomic E-state index is 0.0335. The van der Waals surface area contributed by atoms with Gasteiger partial charge in [0, 0.05) is 12.8 Å².